The summed E-state index contributed by atoms with van der Waals surface area (Å²) in [6.45, 7) is 1.96. The van der Waals surface area contributed by atoms with Crippen molar-refractivity contribution >= 4 is 5.91 Å². The van der Waals surface area contributed by atoms with Gasteiger partial charge in [0.05, 0.1) is 7.11 Å². The first kappa shape index (κ1) is 13.9. The first-order valence-corrected chi connectivity index (χ1v) is 6.81. The molecule has 0 heterocycles. The van der Waals surface area contributed by atoms with E-state index in [1.165, 1.54) is 0 Å². The van der Waals surface area contributed by atoms with Crippen LogP contribution in [-0.4, -0.2) is 25.1 Å². The van der Waals surface area contributed by atoms with Crippen molar-refractivity contribution in [2.75, 3.05) is 7.11 Å². The molecule has 1 aromatic rings. The van der Waals surface area contributed by atoms with Crippen LogP contribution in [0.25, 0.3) is 0 Å². The molecule has 4 heteroatoms. The van der Waals surface area contributed by atoms with E-state index in [1.54, 1.807) is 13.2 Å². The largest absolute Gasteiger partial charge is 0.496 e. The Morgan fingerprint density at radius 2 is 2.00 bits per heavy atom. The number of nitrogens with one attached hydrogen (secondary N) is 1. The molecule has 0 unspecified atom stereocenters. The van der Waals surface area contributed by atoms with Crippen LogP contribution in [-0.2, 0) is 0 Å². The summed E-state index contributed by atoms with van der Waals surface area (Å²) in [6.07, 6.45) is 3.91. The lowest BCUT2D eigenvalue weighted by molar-refractivity contribution is 0.0925. The second-order valence-electron chi connectivity index (χ2n) is 5.27. The summed E-state index contributed by atoms with van der Waals surface area (Å²) < 4.78 is 5.24. The Bertz CT molecular complexity index is 451. The highest BCUT2D eigenvalue weighted by Crippen LogP contribution is 2.20. The van der Waals surface area contributed by atoms with Crippen LogP contribution in [0.15, 0.2) is 18.2 Å². The highest BCUT2D eigenvalue weighted by Gasteiger charge is 2.20. The zero-order valence-electron chi connectivity index (χ0n) is 11.6. The van der Waals surface area contributed by atoms with E-state index in [0.29, 0.717) is 11.6 Å². The van der Waals surface area contributed by atoms with Crippen molar-refractivity contribution in [1.29, 1.82) is 0 Å². The molecule has 0 bridgehead atoms. The van der Waals surface area contributed by atoms with E-state index in [2.05, 4.69) is 5.32 Å². The minimum atomic E-state index is -0.0289. The van der Waals surface area contributed by atoms with Crippen molar-refractivity contribution in [2.45, 2.75) is 44.7 Å². The van der Waals surface area contributed by atoms with E-state index in [1.807, 2.05) is 19.1 Å². The Kier molecular flexibility index (Phi) is 4.43. The molecule has 2 rings (SSSR count). The van der Waals surface area contributed by atoms with Crippen molar-refractivity contribution in [2.24, 2.45) is 5.73 Å². The molecule has 1 aliphatic rings. The summed E-state index contributed by atoms with van der Waals surface area (Å²) in [7, 11) is 1.62. The van der Waals surface area contributed by atoms with E-state index in [-0.39, 0.29) is 11.9 Å². The average Bonchev–Trinajstić information content (AvgIpc) is 2.42. The van der Waals surface area contributed by atoms with Crippen molar-refractivity contribution in [3.05, 3.63) is 29.3 Å². The maximum Gasteiger partial charge on any atom is 0.251 e. The maximum atomic E-state index is 12.2. The Balaban J connectivity index is 2.00. The van der Waals surface area contributed by atoms with E-state index in [9.17, 15) is 4.79 Å². The predicted octanol–water partition coefficient (Wildman–Crippen LogP) is 2.00. The van der Waals surface area contributed by atoms with E-state index in [0.717, 1.165) is 37.0 Å². The summed E-state index contributed by atoms with van der Waals surface area (Å²) in [5.74, 6) is 0.720. The van der Waals surface area contributed by atoms with Crippen LogP contribution < -0.4 is 15.8 Å². The highest BCUT2D eigenvalue weighted by molar-refractivity contribution is 5.94. The van der Waals surface area contributed by atoms with Gasteiger partial charge < -0.3 is 15.8 Å². The SMILES string of the molecule is COc1cc(C(=O)NC2CCC(N)CC2)ccc1C. The van der Waals surface area contributed by atoms with Gasteiger partial charge in [-0.25, -0.2) is 0 Å². The number of carbonyl (C=O) groups is 1. The normalized spacial score (nSPS) is 22.9. The predicted molar refractivity (Wildman–Crippen MR) is 75.4 cm³/mol. The molecule has 0 aromatic heterocycles. The number of aryl methyl sites for hydroxylation is 1. The number of ether oxygens (including phenoxy) is 1. The summed E-state index contributed by atoms with van der Waals surface area (Å²) >= 11 is 0. The molecule has 0 saturated heterocycles. The third-order valence-corrected chi connectivity index (χ3v) is 3.78. The maximum absolute atomic E-state index is 12.2. The van der Waals surface area contributed by atoms with Crippen molar-refractivity contribution < 1.29 is 9.53 Å². The topological polar surface area (TPSA) is 64.3 Å². The molecule has 1 amide bonds. The molecule has 1 saturated carbocycles. The first-order chi connectivity index (χ1) is 9.10. The van der Waals surface area contributed by atoms with Gasteiger partial charge in [0.1, 0.15) is 5.75 Å². The summed E-state index contributed by atoms with van der Waals surface area (Å²) in [4.78, 5) is 12.2. The number of hydrogen-bond acceptors (Lipinski definition) is 3. The Labute approximate surface area is 114 Å². The van der Waals surface area contributed by atoms with Gasteiger partial charge in [-0.3, -0.25) is 4.79 Å². The van der Waals surface area contributed by atoms with Crippen LogP contribution in [0.3, 0.4) is 0 Å². The molecular weight excluding hydrogens is 240 g/mol. The second-order valence-corrected chi connectivity index (χ2v) is 5.27. The number of carbonyl (C=O) groups excluding carboxylic acids is 1. The van der Waals surface area contributed by atoms with Crippen LogP contribution in [0.4, 0.5) is 0 Å². The molecule has 0 aliphatic heterocycles. The van der Waals surface area contributed by atoms with Gasteiger partial charge >= 0.3 is 0 Å². The molecule has 19 heavy (non-hydrogen) atoms. The summed E-state index contributed by atoms with van der Waals surface area (Å²) in [5, 5.41) is 3.08. The molecule has 1 aromatic carbocycles. The third-order valence-electron chi connectivity index (χ3n) is 3.78. The van der Waals surface area contributed by atoms with Crippen LogP contribution in [0.5, 0.6) is 5.75 Å². The zero-order valence-corrected chi connectivity index (χ0v) is 11.6. The molecule has 0 atom stereocenters. The minimum absolute atomic E-state index is 0.0289. The Morgan fingerprint density at radius 1 is 1.32 bits per heavy atom. The third kappa shape index (κ3) is 3.47. The number of hydrogen-bond donors (Lipinski definition) is 2. The molecule has 3 N–H and O–H groups in total. The van der Waals surface area contributed by atoms with Crippen LogP contribution >= 0.6 is 0 Å². The summed E-state index contributed by atoms with van der Waals surface area (Å²) in [6, 6.07) is 6.08. The van der Waals surface area contributed by atoms with Gasteiger partial charge in [-0.15, -0.1) is 0 Å². The van der Waals surface area contributed by atoms with E-state index in [4.69, 9.17) is 10.5 Å². The first-order valence-electron chi connectivity index (χ1n) is 6.81. The van der Waals surface area contributed by atoms with Gasteiger partial charge in [0, 0.05) is 17.6 Å². The Hall–Kier alpha value is -1.55. The molecule has 0 spiro atoms. The van der Waals surface area contributed by atoms with Gasteiger partial charge in [0.2, 0.25) is 0 Å². The number of benzene rings is 1. The minimum Gasteiger partial charge on any atom is -0.496 e. The fraction of sp³-hybridized carbons (Fsp3) is 0.533. The number of rotatable bonds is 3. The lowest BCUT2D eigenvalue weighted by Crippen LogP contribution is -2.40. The standard InChI is InChI=1S/C15H22N2O2/c1-10-3-4-11(9-14(10)19-2)15(18)17-13-7-5-12(16)6-8-13/h3-4,9,12-13H,5-8,16H2,1-2H3,(H,17,18). The molecule has 1 fully saturated rings. The lowest BCUT2D eigenvalue weighted by Gasteiger charge is -2.26. The van der Waals surface area contributed by atoms with Gasteiger partial charge in [-0.2, -0.15) is 0 Å². The second kappa shape index (κ2) is 6.06. The van der Waals surface area contributed by atoms with Gasteiger partial charge in [0.15, 0.2) is 0 Å². The van der Waals surface area contributed by atoms with Gasteiger partial charge in [-0.05, 0) is 50.3 Å². The van der Waals surface area contributed by atoms with Crippen LogP contribution in [0, 0.1) is 6.92 Å². The lowest BCUT2D eigenvalue weighted by atomic mass is 9.91. The average molecular weight is 262 g/mol. The molecular formula is C15H22N2O2. The van der Waals surface area contributed by atoms with Crippen LogP contribution in [0.2, 0.25) is 0 Å². The smallest absolute Gasteiger partial charge is 0.251 e. The molecule has 1 aliphatic carbocycles. The number of methoxy groups -OCH3 is 1. The summed E-state index contributed by atoms with van der Waals surface area (Å²) in [5.41, 5.74) is 7.54. The van der Waals surface area contributed by atoms with Gasteiger partial charge in [0.25, 0.3) is 5.91 Å². The van der Waals surface area contributed by atoms with Crippen molar-refractivity contribution in [3.8, 4) is 5.75 Å². The van der Waals surface area contributed by atoms with Gasteiger partial charge in [-0.1, -0.05) is 6.07 Å². The molecule has 104 valence electrons. The fourth-order valence-electron chi connectivity index (χ4n) is 2.49. The number of amides is 1. The molecule has 4 nitrogen and oxygen atoms in total. The molecule has 0 radical (unpaired) electrons. The van der Waals surface area contributed by atoms with Crippen molar-refractivity contribution in [3.63, 3.8) is 0 Å². The Morgan fingerprint density at radius 3 is 2.63 bits per heavy atom. The van der Waals surface area contributed by atoms with E-state index < -0.39 is 0 Å². The monoisotopic (exact) mass is 262 g/mol. The van der Waals surface area contributed by atoms with Crippen LogP contribution in [0.1, 0.15) is 41.6 Å². The zero-order chi connectivity index (χ0) is 13.8. The quantitative estimate of drug-likeness (QED) is 0.875. The highest BCUT2D eigenvalue weighted by atomic mass is 16.5. The number of nitrogens with two attached hydrogens (primary N) is 1. The van der Waals surface area contributed by atoms with Crippen molar-refractivity contribution in [1.82, 2.24) is 5.32 Å². The van der Waals surface area contributed by atoms with E-state index >= 15 is 0 Å². The fourth-order valence-corrected chi connectivity index (χ4v) is 2.49.